The number of carbonyl (C=O) groups is 1. The second-order valence-corrected chi connectivity index (χ2v) is 8.75. The van der Waals surface area contributed by atoms with Crippen LogP contribution in [0.1, 0.15) is 27.2 Å². The number of hydrogen-bond acceptors (Lipinski definition) is 3. The SMILES string of the molecule is Cc1c(NC2=C(c3ccc4ccccc4c3)C(=O)c3ccccc32)c(=O)n(-c2ccccc2)n1C. The quantitative estimate of drug-likeness (QED) is 0.370. The van der Waals surface area contributed by atoms with Crippen molar-refractivity contribution in [3.63, 3.8) is 0 Å². The summed E-state index contributed by atoms with van der Waals surface area (Å²) in [5.41, 5.74) is 5.34. The topological polar surface area (TPSA) is 56.0 Å². The van der Waals surface area contributed by atoms with Crippen LogP contribution in [-0.4, -0.2) is 15.1 Å². The van der Waals surface area contributed by atoms with E-state index in [1.54, 1.807) is 4.68 Å². The summed E-state index contributed by atoms with van der Waals surface area (Å²) in [6, 6.07) is 31.2. The van der Waals surface area contributed by atoms with Crippen molar-refractivity contribution in [2.75, 3.05) is 5.32 Å². The zero-order chi connectivity index (χ0) is 24.1. The summed E-state index contributed by atoms with van der Waals surface area (Å²) in [4.78, 5) is 27.2. The molecule has 170 valence electrons. The molecular weight excluding hydrogens is 434 g/mol. The molecule has 0 atom stereocenters. The Kier molecular flexibility index (Phi) is 4.78. The van der Waals surface area contributed by atoms with Gasteiger partial charge in [-0.25, -0.2) is 4.68 Å². The van der Waals surface area contributed by atoms with E-state index in [0.717, 1.165) is 33.3 Å². The van der Waals surface area contributed by atoms with Crippen molar-refractivity contribution in [2.24, 2.45) is 7.05 Å². The van der Waals surface area contributed by atoms with Gasteiger partial charge in [-0.05, 0) is 41.5 Å². The van der Waals surface area contributed by atoms with Crippen LogP contribution in [0.25, 0.3) is 27.7 Å². The summed E-state index contributed by atoms with van der Waals surface area (Å²) in [5, 5.41) is 5.56. The number of Topliss-reactive ketones (excluding diaryl/α,β-unsaturated/α-hetero) is 1. The van der Waals surface area contributed by atoms with Crippen molar-refractivity contribution in [3.05, 3.63) is 130 Å². The fourth-order valence-corrected chi connectivity index (χ4v) is 4.87. The van der Waals surface area contributed by atoms with Crippen LogP contribution >= 0.6 is 0 Å². The van der Waals surface area contributed by atoms with E-state index in [4.69, 9.17) is 0 Å². The van der Waals surface area contributed by atoms with Gasteiger partial charge in [0, 0.05) is 18.2 Å². The Morgan fingerprint density at radius 1 is 0.714 bits per heavy atom. The first-order valence-corrected chi connectivity index (χ1v) is 11.5. The molecule has 1 heterocycles. The molecule has 1 aliphatic carbocycles. The summed E-state index contributed by atoms with van der Waals surface area (Å²) in [7, 11) is 1.86. The number of rotatable bonds is 4. The maximum Gasteiger partial charge on any atom is 0.295 e. The molecule has 1 aromatic heterocycles. The molecule has 0 bridgehead atoms. The number of fused-ring (bicyclic) bond motifs is 2. The molecule has 0 radical (unpaired) electrons. The van der Waals surface area contributed by atoms with Crippen LogP contribution in [0.2, 0.25) is 0 Å². The minimum atomic E-state index is -0.168. The lowest BCUT2D eigenvalue weighted by Gasteiger charge is -2.11. The number of nitrogens with zero attached hydrogens (tertiary/aromatic N) is 2. The number of nitrogens with one attached hydrogen (secondary N) is 1. The average molecular weight is 458 g/mol. The smallest absolute Gasteiger partial charge is 0.295 e. The van der Waals surface area contributed by atoms with Gasteiger partial charge in [-0.2, -0.15) is 0 Å². The van der Waals surface area contributed by atoms with Crippen LogP contribution in [0.15, 0.2) is 102 Å². The molecule has 5 aromatic rings. The first-order valence-electron chi connectivity index (χ1n) is 11.5. The Balaban J connectivity index is 1.56. The molecule has 6 rings (SSSR count). The summed E-state index contributed by atoms with van der Waals surface area (Å²) in [6.07, 6.45) is 0. The van der Waals surface area contributed by atoms with E-state index >= 15 is 0 Å². The van der Waals surface area contributed by atoms with Gasteiger partial charge in [0.15, 0.2) is 5.78 Å². The highest BCUT2D eigenvalue weighted by molar-refractivity contribution is 6.40. The van der Waals surface area contributed by atoms with E-state index in [9.17, 15) is 9.59 Å². The number of ketones is 1. The van der Waals surface area contributed by atoms with Crippen molar-refractivity contribution in [3.8, 4) is 5.69 Å². The maximum absolute atomic E-state index is 13.6. The zero-order valence-electron chi connectivity index (χ0n) is 19.4. The Morgan fingerprint density at radius 2 is 1.37 bits per heavy atom. The van der Waals surface area contributed by atoms with Crippen LogP contribution in [0, 0.1) is 6.92 Å². The Labute approximate surface area is 202 Å². The molecule has 0 aliphatic heterocycles. The van der Waals surface area contributed by atoms with E-state index in [1.165, 1.54) is 0 Å². The first-order chi connectivity index (χ1) is 17.0. The Morgan fingerprint density at radius 3 is 2.14 bits per heavy atom. The molecule has 0 saturated carbocycles. The third kappa shape index (κ3) is 3.24. The predicted molar refractivity (Wildman–Crippen MR) is 141 cm³/mol. The van der Waals surface area contributed by atoms with E-state index in [-0.39, 0.29) is 11.3 Å². The second-order valence-electron chi connectivity index (χ2n) is 8.75. The van der Waals surface area contributed by atoms with E-state index in [1.807, 2.05) is 110 Å². The van der Waals surface area contributed by atoms with Crippen LogP contribution in [0.3, 0.4) is 0 Å². The van der Waals surface area contributed by atoms with Gasteiger partial charge in [0.25, 0.3) is 5.56 Å². The Hall–Kier alpha value is -4.64. The van der Waals surface area contributed by atoms with E-state index in [2.05, 4.69) is 11.4 Å². The lowest BCUT2D eigenvalue weighted by atomic mass is 9.98. The number of carbonyl (C=O) groups excluding carboxylic acids is 1. The average Bonchev–Trinajstić information content (AvgIpc) is 3.29. The molecule has 5 heteroatoms. The second kappa shape index (κ2) is 7.99. The zero-order valence-corrected chi connectivity index (χ0v) is 19.4. The standard InChI is InChI=1S/C30H23N3O2/c1-19-27(30(35)33(32(19)2)23-12-4-3-5-13-23)31-28-24-14-8-9-15-25(24)29(34)26(28)22-17-16-20-10-6-7-11-21(20)18-22/h3-18,31H,1-2H3. The molecule has 0 unspecified atom stereocenters. The van der Waals surface area contributed by atoms with Crippen molar-refractivity contribution in [1.29, 1.82) is 0 Å². The molecule has 1 aliphatic rings. The molecule has 0 spiro atoms. The number of hydrogen-bond donors (Lipinski definition) is 1. The molecule has 0 saturated heterocycles. The van der Waals surface area contributed by atoms with Gasteiger partial charge in [-0.1, -0.05) is 78.9 Å². The largest absolute Gasteiger partial charge is 0.348 e. The number of allylic oxidation sites excluding steroid dienone is 1. The van der Waals surface area contributed by atoms with Crippen molar-refractivity contribution >= 4 is 33.5 Å². The number of benzene rings is 4. The fourth-order valence-electron chi connectivity index (χ4n) is 4.87. The highest BCUT2D eigenvalue weighted by Crippen LogP contribution is 2.39. The normalized spacial score (nSPS) is 12.9. The summed E-state index contributed by atoms with van der Waals surface area (Å²) in [5.74, 6) is -0.0460. The lowest BCUT2D eigenvalue weighted by molar-refractivity contribution is 0.105. The lowest BCUT2D eigenvalue weighted by Crippen LogP contribution is -2.20. The van der Waals surface area contributed by atoms with Gasteiger partial charge < -0.3 is 5.32 Å². The minimum Gasteiger partial charge on any atom is -0.348 e. The van der Waals surface area contributed by atoms with Gasteiger partial charge in [0.1, 0.15) is 5.69 Å². The predicted octanol–water partition coefficient (Wildman–Crippen LogP) is 5.81. The number of aromatic nitrogens is 2. The molecule has 1 N–H and O–H groups in total. The van der Waals surface area contributed by atoms with Crippen molar-refractivity contribution in [2.45, 2.75) is 6.92 Å². The number of anilines is 1. The summed E-state index contributed by atoms with van der Waals surface area (Å²) < 4.78 is 3.47. The van der Waals surface area contributed by atoms with Gasteiger partial charge >= 0.3 is 0 Å². The number of para-hydroxylation sites is 1. The molecule has 35 heavy (non-hydrogen) atoms. The molecular formula is C30H23N3O2. The van der Waals surface area contributed by atoms with E-state index < -0.39 is 0 Å². The molecule has 5 nitrogen and oxygen atoms in total. The fraction of sp³-hybridized carbons (Fsp3) is 0.0667. The van der Waals surface area contributed by atoms with Crippen LogP contribution in [-0.2, 0) is 7.05 Å². The van der Waals surface area contributed by atoms with Crippen LogP contribution in [0.4, 0.5) is 5.69 Å². The summed E-state index contributed by atoms with van der Waals surface area (Å²) >= 11 is 0. The monoisotopic (exact) mass is 457 g/mol. The molecule has 0 fully saturated rings. The molecule has 0 amide bonds. The van der Waals surface area contributed by atoms with Crippen LogP contribution in [0.5, 0.6) is 0 Å². The maximum atomic E-state index is 13.6. The van der Waals surface area contributed by atoms with Gasteiger partial charge in [0.05, 0.1) is 22.7 Å². The summed E-state index contributed by atoms with van der Waals surface area (Å²) in [6.45, 7) is 1.90. The van der Waals surface area contributed by atoms with Gasteiger partial charge in [0.2, 0.25) is 0 Å². The van der Waals surface area contributed by atoms with Gasteiger partial charge in [-0.15, -0.1) is 0 Å². The van der Waals surface area contributed by atoms with Gasteiger partial charge in [-0.3, -0.25) is 14.3 Å². The van der Waals surface area contributed by atoms with Crippen LogP contribution < -0.4 is 10.9 Å². The first kappa shape index (κ1) is 20.9. The molecule has 4 aromatic carbocycles. The Bertz CT molecular complexity index is 1720. The van der Waals surface area contributed by atoms with Crippen molar-refractivity contribution < 1.29 is 4.79 Å². The minimum absolute atomic E-state index is 0.0460. The van der Waals surface area contributed by atoms with Crippen molar-refractivity contribution in [1.82, 2.24) is 9.36 Å². The highest BCUT2D eigenvalue weighted by atomic mass is 16.1. The van der Waals surface area contributed by atoms with E-state index in [0.29, 0.717) is 22.5 Å². The third-order valence-corrected chi connectivity index (χ3v) is 6.76. The third-order valence-electron chi connectivity index (χ3n) is 6.76. The highest BCUT2D eigenvalue weighted by Gasteiger charge is 2.32.